The van der Waals surface area contributed by atoms with E-state index in [0.29, 0.717) is 0 Å². The molecule has 1 aromatic carbocycles. The Morgan fingerprint density at radius 1 is 1.21 bits per heavy atom. The quantitative estimate of drug-likeness (QED) is 0.491. The van der Waals surface area contributed by atoms with Gasteiger partial charge in [0.15, 0.2) is 5.78 Å². The molecule has 0 aliphatic rings. The van der Waals surface area contributed by atoms with E-state index >= 15 is 0 Å². The van der Waals surface area contributed by atoms with Gasteiger partial charge in [-0.25, -0.2) is 0 Å². The first-order valence-corrected chi connectivity index (χ1v) is 5.45. The van der Waals surface area contributed by atoms with Crippen molar-refractivity contribution in [3.8, 4) is 0 Å². The van der Waals surface area contributed by atoms with Crippen LogP contribution in [0.1, 0.15) is 19.4 Å². The fraction of sp³-hybridized carbons (Fsp3) is 0.214. The molecule has 96 valence electrons. The maximum absolute atomic E-state index is 11.8. The van der Waals surface area contributed by atoms with Crippen LogP contribution in [-0.2, 0) is 9.59 Å². The second-order valence-electron chi connectivity index (χ2n) is 4.42. The van der Waals surface area contributed by atoms with Crippen LogP contribution >= 0.6 is 0 Å². The van der Waals surface area contributed by atoms with Crippen molar-refractivity contribution in [2.75, 3.05) is 0 Å². The number of carboxylic acids is 1. The van der Waals surface area contributed by atoms with Crippen molar-refractivity contribution in [2.45, 2.75) is 13.8 Å². The Morgan fingerprint density at radius 2 is 1.74 bits per heavy atom. The number of carbonyl (C=O) groups is 2. The van der Waals surface area contributed by atoms with E-state index in [9.17, 15) is 9.59 Å². The van der Waals surface area contributed by atoms with Crippen LogP contribution in [0.2, 0.25) is 0 Å². The molecule has 1 rings (SSSR count). The second-order valence-corrected chi connectivity index (χ2v) is 4.42. The van der Waals surface area contributed by atoms with Crippen molar-refractivity contribution < 1.29 is 14.7 Å². The van der Waals surface area contributed by atoms with Gasteiger partial charge in [-0.15, -0.1) is 0 Å². The molecular weight excluding hydrogens is 269 g/mol. The molecule has 0 radical (unpaired) electrons. The number of carbonyl (C=O) groups excluding carboxylic acids is 1. The molecule has 0 amide bonds. The van der Waals surface area contributed by atoms with Gasteiger partial charge in [0.05, 0.1) is 5.71 Å². The van der Waals surface area contributed by atoms with Crippen molar-refractivity contribution in [3.05, 3.63) is 42.0 Å². The van der Waals surface area contributed by atoms with Crippen LogP contribution in [0.3, 0.4) is 0 Å². The Hall–Kier alpha value is -0.594. The maximum atomic E-state index is 11.8. The van der Waals surface area contributed by atoms with Crippen molar-refractivity contribution in [1.29, 1.82) is 5.41 Å². The number of aliphatic carboxylic acids is 1. The standard InChI is InChI=1S/C14H15NO3.K.H/c1-14(2,13(17)18)12(16)11(15)9-8-10-6-4-3-5-7-10;;/h3-9,15H,1-2H3,(H,17,18);;. The number of rotatable bonds is 5. The van der Waals surface area contributed by atoms with E-state index in [4.69, 9.17) is 10.5 Å². The molecule has 0 aliphatic heterocycles. The number of hydrogen-bond donors (Lipinski definition) is 2. The predicted molar refractivity (Wildman–Crippen MR) is 76.8 cm³/mol. The van der Waals surface area contributed by atoms with Gasteiger partial charge in [-0.1, -0.05) is 36.4 Å². The van der Waals surface area contributed by atoms with Crippen molar-refractivity contribution in [2.24, 2.45) is 5.41 Å². The van der Waals surface area contributed by atoms with Gasteiger partial charge in [0.25, 0.3) is 0 Å². The molecule has 2 N–H and O–H groups in total. The molecule has 19 heavy (non-hydrogen) atoms. The average Bonchev–Trinajstić information content (AvgIpc) is 2.36. The SMILES string of the molecule is CC(C)(C(=O)O)C(=O)C(=N)C=Cc1ccccc1.[KH]. The third kappa shape index (κ3) is 5.12. The number of benzene rings is 1. The Labute approximate surface area is 154 Å². The third-order valence-corrected chi connectivity index (χ3v) is 2.59. The first kappa shape index (κ1) is 18.4. The molecule has 5 heteroatoms. The third-order valence-electron chi connectivity index (χ3n) is 2.59. The van der Waals surface area contributed by atoms with E-state index in [1.807, 2.05) is 30.3 Å². The molecule has 4 nitrogen and oxygen atoms in total. The van der Waals surface area contributed by atoms with Gasteiger partial charge in [0, 0.05) is 0 Å². The molecule has 0 unspecified atom stereocenters. The van der Waals surface area contributed by atoms with Crippen LogP contribution in [-0.4, -0.2) is 74.0 Å². The molecule has 0 saturated heterocycles. The van der Waals surface area contributed by atoms with E-state index < -0.39 is 17.2 Å². The topological polar surface area (TPSA) is 78.2 Å². The Kier molecular flexibility index (Phi) is 7.62. The summed E-state index contributed by atoms with van der Waals surface area (Å²) in [5, 5.41) is 16.5. The fourth-order valence-corrected chi connectivity index (χ4v) is 1.25. The monoisotopic (exact) mass is 285 g/mol. The molecule has 0 heterocycles. The predicted octanol–water partition coefficient (Wildman–Crippen LogP) is 1.75. The van der Waals surface area contributed by atoms with Crippen LogP contribution in [0.15, 0.2) is 36.4 Å². The number of carboxylic acid groups (broad SMARTS) is 1. The summed E-state index contributed by atoms with van der Waals surface area (Å²) in [5.74, 6) is -1.94. The van der Waals surface area contributed by atoms with Gasteiger partial charge in [-0.3, -0.25) is 15.0 Å². The van der Waals surface area contributed by atoms with Crippen molar-refractivity contribution in [1.82, 2.24) is 0 Å². The number of Topliss-reactive ketones (excluding diaryl/α,β-unsaturated/α-hetero) is 1. The Balaban J connectivity index is 0.00000324. The van der Waals surface area contributed by atoms with Crippen molar-refractivity contribution in [3.63, 3.8) is 0 Å². The van der Waals surface area contributed by atoms with Gasteiger partial charge >= 0.3 is 57.4 Å². The molecule has 0 bridgehead atoms. The van der Waals surface area contributed by atoms with Gasteiger partial charge in [-0.2, -0.15) is 0 Å². The molecule has 0 saturated carbocycles. The van der Waals surface area contributed by atoms with E-state index in [2.05, 4.69) is 0 Å². The van der Waals surface area contributed by atoms with E-state index in [1.54, 1.807) is 6.08 Å². The van der Waals surface area contributed by atoms with Gasteiger partial charge in [-0.05, 0) is 25.5 Å². The van der Waals surface area contributed by atoms with Crippen LogP contribution in [0.25, 0.3) is 6.08 Å². The molecule has 0 aliphatic carbocycles. The second kappa shape index (κ2) is 7.87. The Morgan fingerprint density at radius 3 is 2.21 bits per heavy atom. The number of nitrogens with one attached hydrogen (secondary N) is 1. The summed E-state index contributed by atoms with van der Waals surface area (Å²) in [5.41, 5.74) is -1.03. The molecule has 0 aromatic heterocycles. The first-order valence-electron chi connectivity index (χ1n) is 5.45. The molecule has 1 aromatic rings. The number of allylic oxidation sites excluding steroid dienone is 1. The zero-order chi connectivity index (χ0) is 13.8. The first-order chi connectivity index (χ1) is 8.35. The minimum absolute atomic E-state index is 0. The van der Waals surface area contributed by atoms with E-state index in [-0.39, 0.29) is 57.1 Å². The van der Waals surface area contributed by atoms with E-state index in [1.165, 1.54) is 19.9 Å². The summed E-state index contributed by atoms with van der Waals surface area (Å²) in [4.78, 5) is 22.7. The van der Waals surface area contributed by atoms with Gasteiger partial charge in [0.1, 0.15) is 5.41 Å². The average molecular weight is 285 g/mol. The van der Waals surface area contributed by atoms with Crippen LogP contribution in [0.5, 0.6) is 0 Å². The summed E-state index contributed by atoms with van der Waals surface area (Å²) in [6.07, 6.45) is 2.93. The minimum atomic E-state index is -1.57. The van der Waals surface area contributed by atoms with Gasteiger partial charge in [0.2, 0.25) is 0 Å². The van der Waals surface area contributed by atoms with Crippen LogP contribution < -0.4 is 0 Å². The molecule has 0 fully saturated rings. The number of hydrogen-bond acceptors (Lipinski definition) is 3. The fourth-order valence-electron chi connectivity index (χ4n) is 1.25. The van der Waals surface area contributed by atoms with Crippen molar-refractivity contribution >= 4 is 74.9 Å². The summed E-state index contributed by atoms with van der Waals surface area (Å²) in [6, 6.07) is 9.20. The Bertz CT molecular complexity index is 507. The number of ketones is 1. The van der Waals surface area contributed by atoms with Crippen LogP contribution in [0, 0.1) is 10.8 Å². The zero-order valence-corrected chi connectivity index (χ0v) is 10.3. The van der Waals surface area contributed by atoms with E-state index in [0.717, 1.165) is 5.56 Å². The summed E-state index contributed by atoms with van der Waals surface area (Å²) in [7, 11) is 0. The molecular formula is C14H16KNO3. The normalized spacial score (nSPS) is 10.8. The molecule has 0 atom stereocenters. The summed E-state index contributed by atoms with van der Waals surface area (Å²) >= 11 is 0. The summed E-state index contributed by atoms with van der Waals surface area (Å²) in [6.45, 7) is 2.59. The van der Waals surface area contributed by atoms with Gasteiger partial charge < -0.3 is 5.11 Å². The molecule has 0 spiro atoms. The van der Waals surface area contributed by atoms with Crippen LogP contribution in [0.4, 0.5) is 0 Å². The zero-order valence-electron chi connectivity index (χ0n) is 10.3. The summed E-state index contributed by atoms with van der Waals surface area (Å²) < 4.78 is 0.